The Kier molecular flexibility index (Phi) is 5.29. The van der Waals surface area contributed by atoms with Crippen LogP contribution in [0.25, 0.3) is 10.9 Å². The van der Waals surface area contributed by atoms with E-state index in [0.717, 1.165) is 16.5 Å². The second-order valence-electron chi connectivity index (χ2n) is 7.57. The standard InChI is InChI=1S/C24H23N3O3S/c1-16-10-11-17(2)23(14-16)31(29,30)26-19-7-4-6-18(15-19)24(28)25-21-8-5-9-22-20(21)12-13-27(22)3/h4-15,26H,1-3H3,(H,25,28). The molecular weight excluding hydrogens is 410 g/mol. The van der Waals surface area contributed by atoms with E-state index in [0.29, 0.717) is 22.5 Å². The molecule has 0 spiro atoms. The number of aryl methyl sites for hydroxylation is 3. The zero-order chi connectivity index (χ0) is 22.2. The van der Waals surface area contributed by atoms with Gasteiger partial charge in [-0.3, -0.25) is 9.52 Å². The fraction of sp³-hybridized carbons (Fsp3) is 0.125. The lowest BCUT2D eigenvalue weighted by molar-refractivity contribution is 0.102. The molecule has 0 unspecified atom stereocenters. The van der Waals surface area contributed by atoms with Crippen molar-refractivity contribution in [1.82, 2.24) is 4.57 Å². The van der Waals surface area contributed by atoms with Crippen molar-refractivity contribution in [1.29, 1.82) is 0 Å². The van der Waals surface area contributed by atoms with Crippen LogP contribution in [0.3, 0.4) is 0 Å². The van der Waals surface area contributed by atoms with Crippen LogP contribution in [0.15, 0.2) is 77.8 Å². The van der Waals surface area contributed by atoms with Crippen molar-refractivity contribution in [3.8, 4) is 0 Å². The van der Waals surface area contributed by atoms with Crippen molar-refractivity contribution < 1.29 is 13.2 Å². The van der Waals surface area contributed by atoms with Crippen LogP contribution in [0, 0.1) is 13.8 Å². The molecule has 0 aliphatic heterocycles. The van der Waals surface area contributed by atoms with Crippen molar-refractivity contribution in [2.24, 2.45) is 7.05 Å². The van der Waals surface area contributed by atoms with Gasteiger partial charge in [-0.15, -0.1) is 0 Å². The van der Waals surface area contributed by atoms with Gasteiger partial charge in [0.25, 0.3) is 15.9 Å². The Morgan fingerprint density at radius 2 is 1.71 bits per heavy atom. The molecule has 0 bridgehead atoms. The molecule has 0 saturated carbocycles. The Bertz CT molecular complexity index is 1400. The van der Waals surface area contributed by atoms with Gasteiger partial charge < -0.3 is 9.88 Å². The maximum Gasteiger partial charge on any atom is 0.262 e. The van der Waals surface area contributed by atoms with Crippen molar-refractivity contribution in [3.05, 3.63) is 89.6 Å². The molecule has 0 aliphatic rings. The average molecular weight is 434 g/mol. The number of rotatable bonds is 5. The zero-order valence-corrected chi connectivity index (χ0v) is 18.3. The molecule has 31 heavy (non-hydrogen) atoms. The Balaban J connectivity index is 1.59. The molecule has 6 nitrogen and oxygen atoms in total. The number of anilines is 2. The Morgan fingerprint density at radius 3 is 2.52 bits per heavy atom. The molecule has 2 N–H and O–H groups in total. The summed E-state index contributed by atoms with van der Waals surface area (Å²) in [4.78, 5) is 13.1. The first-order valence-corrected chi connectivity index (χ1v) is 11.3. The smallest absolute Gasteiger partial charge is 0.262 e. The third-order valence-corrected chi connectivity index (χ3v) is 6.71. The highest BCUT2D eigenvalue weighted by atomic mass is 32.2. The van der Waals surface area contributed by atoms with E-state index in [1.165, 1.54) is 6.07 Å². The maximum absolute atomic E-state index is 12.9. The second kappa shape index (κ2) is 7.92. The summed E-state index contributed by atoms with van der Waals surface area (Å²) >= 11 is 0. The summed E-state index contributed by atoms with van der Waals surface area (Å²) in [7, 11) is -1.83. The summed E-state index contributed by atoms with van der Waals surface area (Å²) in [6.07, 6.45) is 1.93. The lowest BCUT2D eigenvalue weighted by Gasteiger charge is -2.12. The second-order valence-corrected chi connectivity index (χ2v) is 9.23. The van der Waals surface area contributed by atoms with Crippen LogP contribution < -0.4 is 10.0 Å². The number of carbonyl (C=O) groups is 1. The van der Waals surface area contributed by atoms with Gasteiger partial charge in [-0.2, -0.15) is 0 Å². The molecule has 158 valence electrons. The average Bonchev–Trinajstić information content (AvgIpc) is 3.11. The summed E-state index contributed by atoms with van der Waals surface area (Å²) in [5.41, 5.74) is 3.90. The van der Waals surface area contributed by atoms with Crippen molar-refractivity contribution in [3.63, 3.8) is 0 Å². The van der Waals surface area contributed by atoms with Crippen molar-refractivity contribution in [2.75, 3.05) is 10.0 Å². The van der Waals surface area contributed by atoms with Crippen LogP contribution >= 0.6 is 0 Å². The minimum absolute atomic E-state index is 0.220. The quantitative estimate of drug-likeness (QED) is 0.472. The predicted molar refractivity (Wildman–Crippen MR) is 124 cm³/mol. The molecular formula is C24H23N3O3S. The molecule has 0 fully saturated rings. The normalized spacial score (nSPS) is 11.5. The molecule has 1 heterocycles. The summed E-state index contributed by atoms with van der Waals surface area (Å²) in [6.45, 7) is 3.60. The number of amides is 1. The van der Waals surface area contributed by atoms with Gasteiger partial charge in [0, 0.05) is 35.4 Å². The Hall–Kier alpha value is -3.58. The van der Waals surface area contributed by atoms with Crippen LogP contribution in [0.1, 0.15) is 21.5 Å². The van der Waals surface area contributed by atoms with E-state index in [1.54, 1.807) is 37.3 Å². The molecule has 0 atom stereocenters. The first-order valence-electron chi connectivity index (χ1n) is 9.80. The van der Waals surface area contributed by atoms with Crippen LogP contribution in [-0.4, -0.2) is 18.9 Å². The van der Waals surface area contributed by atoms with Gasteiger partial charge in [0.2, 0.25) is 0 Å². The van der Waals surface area contributed by atoms with E-state index in [9.17, 15) is 13.2 Å². The summed E-state index contributed by atoms with van der Waals surface area (Å²) in [5.74, 6) is -0.316. The minimum atomic E-state index is -3.78. The maximum atomic E-state index is 12.9. The number of fused-ring (bicyclic) bond motifs is 1. The number of nitrogens with one attached hydrogen (secondary N) is 2. The molecule has 0 aliphatic carbocycles. The molecule has 1 amide bonds. The number of aromatic nitrogens is 1. The Labute approximate surface area is 181 Å². The van der Waals surface area contributed by atoms with Crippen LogP contribution in [0.2, 0.25) is 0 Å². The Morgan fingerprint density at radius 1 is 0.935 bits per heavy atom. The SMILES string of the molecule is Cc1ccc(C)c(S(=O)(=O)Nc2cccc(C(=O)Nc3cccc4c3ccn4C)c2)c1. The molecule has 7 heteroatoms. The van der Waals surface area contributed by atoms with Gasteiger partial charge >= 0.3 is 0 Å². The van der Waals surface area contributed by atoms with Crippen LogP contribution in [0.4, 0.5) is 11.4 Å². The predicted octanol–water partition coefficient (Wildman–Crippen LogP) is 4.85. The van der Waals surface area contributed by atoms with Crippen molar-refractivity contribution in [2.45, 2.75) is 18.7 Å². The molecule has 4 aromatic rings. The summed E-state index contributed by atoms with van der Waals surface area (Å²) in [6, 6.07) is 19.4. The summed E-state index contributed by atoms with van der Waals surface area (Å²) in [5, 5.41) is 3.86. The number of nitrogens with zero attached hydrogens (tertiary/aromatic N) is 1. The molecule has 0 radical (unpaired) electrons. The number of hydrogen-bond acceptors (Lipinski definition) is 3. The fourth-order valence-corrected chi connectivity index (χ4v) is 4.92. The van der Waals surface area contributed by atoms with E-state index in [4.69, 9.17) is 0 Å². The lowest BCUT2D eigenvalue weighted by atomic mass is 10.1. The van der Waals surface area contributed by atoms with Gasteiger partial charge in [0.1, 0.15) is 0 Å². The molecule has 1 aromatic heterocycles. The van der Waals surface area contributed by atoms with Gasteiger partial charge in [-0.25, -0.2) is 8.42 Å². The minimum Gasteiger partial charge on any atom is -0.350 e. The van der Waals surface area contributed by atoms with E-state index >= 15 is 0 Å². The van der Waals surface area contributed by atoms with E-state index in [2.05, 4.69) is 10.0 Å². The van der Waals surface area contributed by atoms with Gasteiger partial charge in [0.15, 0.2) is 0 Å². The van der Waals surface area contributed by atoms with E-state index in [-0.39, 0.29) is 10.8 Å². The zero-order valence-electron chi connectivity index (χ0n) is 17.5. The molecule has 3 aromatic carbocycles. The number of carbonyl (C=O) groups excluding carboxylic acids is 1. The third kappa shape index (κ3) is 4.18. The van der Waals surface area contributed by atoms with Crippen molar-refractivity contribution >= 4 is 38.2 Å². The highest BCUT2D eigenvalue weighted by Crippen LogP contribution is 2.25. The lowest BCUT2D eigenvalue weighted by Crippen LogP contribution is -2.16. The third-order valence-electron chi connectivity index (χ3n) is 5.19. The van der Waals surface area contributed by atoms with E-state index < -0.39 is 10.0 Å². The number of benzene rings is 3. The molecule has 0 saturated heterocycles. The topological polar surface area (TPSA) is 80.2 Å². The summed E-state index contributed by atoms with van der Waals surface area (Å²) < 4.78 is 30.3. The van der Waals surface area contributed by atoms with Gasteiger partial charge in [0.05, 0.1) is 10.6 Å². The highest BCUT2D eigenvalue weighted by molar-refractivity contribution is 7.92. The first kappa shape index (κ1) is 20.7. The first-order chi connectivity index (χ1) is 14.7. The fourth-order valence-electron chi connectivity index (χ4n) is 3.54. The molecule has 4 rings (SSSR count). The van der Waals surface area contributed by atoms with Crippen LogP contribution in [-0.2, 0) is 17.1 Å². The van der Waals surface area contributed by atoms with Gasteiger partial charge in [-0.05, 0) is 67.4 Å². The monoisotopic (exact) mass is 433 g/mol. The number of sulfonamides is 1. The largest absolute Gasteiger partial charge is 0.350 e. The highest BCUT2D eigenvalue weighted by Gasteiger charge is 2.18. The van der Waals surface area contributed by atoms with Crippen LogP contribution in [0.5, 0.6) is 0 Å². The van der Waals surface area contributed by atoms with Gasteiger partial charge in [-0.1, -0.05) is 24.3 Å². The number of hydrogen-bond donors (Lipinski definition) is 2. The van der Waals surface area contributed by atoms with E-state index in [1.807, 2.05) is 55.1 Å².